The molecule has 6 nitrogen and oxygen atoms in total. The molecule has 0 amide bonds. The van der Waals surface area contributed by atoms with Gasteiger partial charge in [0.2, 0.25) is 0 Å². The largest absolute Gasteiger partial charge is 0.465 e. The zero-order valence-corrected chi connectivity index (χ0v) is 17.6. The van der Waals surface area contributed by atoms with Crippen LogP contribution in [0.25, 0.3) is 11.1 Å². The first kappa shape index (κ1) is 20.8. The monoisotopic (exact) mass is 402 g/mol. The molecule has 0 aliphatic carbocycles. The number of esters is 1. The summed E-state index contributed by atoms with van der Waals surface area (Å²) in [5.74, 6) is -0.485. The van der Waals surface area contributed by atoms with Crippen LogP contribution in [0.5, 0.6) is 0 Å². The van der Waals surface area contributed by atoms with E-state index in [0.29, 0.717) is 22.7 Å². The normalized spacial score (nSPS) is 11.7. The van der Waals surface area contributed by atoms with Crippen molar-refractivity contribution in [1.82, 2.24) is 4.98 Å². The van der Waals surface area contributed by atoms with E-state index < -0.39 is 23.9 Å². The number of hydrogen-bond donors (Lipinski definition) is 0. The SMILES string of the molecule is COC(=O)c1ccc(-c2ccnc(S(=O)(=O)CC[Si](C)(C)C)c2C#N)cc1. The molecular weight excluding hydrogens is 380 g/mol. The molecule has 142 valence electrons. The Bertz CT molecular complexity index is 988. The van der Waals surface area contributed by atoms with Gasteiger partial charge in [0.15, 0.2) is 14.9 Å². The van der Waals surface area contributed by atoms with Crippen LogP contribution in [0.2, 0.25) is 25.7 Å². The fraction of sp³-hybridized carbons (Fsp3) is 0.316. The molecule has 27 heavy (non-hydrogen) atoms. The molecule has 0 aliphatic heterocycles. The van der Waals surface area contributed by atoms with Gasteiger partial charge in [0.25, 0.3) is 0 Å². The van der Waals surface area contributed by atoms with Crippen molar-refractivity contribution in [3.63, 3.8) is 0 Å². The van der Waals surface area contributed by atoms with Gasteiger partial charge in [0, 0.05) is 19.8 Å². The highest BCUT2D eigenvalue weighted by molar-refractivity contribution is 7.91. The second kappa shape index (κ2) is 8.02. The molecule has 1 aromatic carbocycles. The summed E-state index contributed by atoms with van der Waals surface area (Å²) < 4.78 is 30.2. The number of nitriles is 1. The van der Waals surface area contributed by atoms with Gasteiger partial charge in [-0.25, -0.2) is 18.2 Å². The topological polar surface area (TPSA) is 97.1 Å². The van der Waals surface area contributed by atoms with E-state index in [4.69, 9.17) is 0 Å². The summed E-state index contributed by atoms with van der Waals surface area (Å²) in [7, 11) is -3.93. The van der Waals surface area contributed by atoms with Crippen LogP contribution in [0.4, 0.5) is 0 Å². The number of rotatable bonds is 6. The van der Waals surface area contributed by atoms with Gasteiger partial charge in [0.05, 0.1) is 24.0 Å². The van der Waals surface area contributed by atoms with Crippen LogP contribution in [0, 0.1) is 11.3 Å². The van der Waals surface area contributed by atoms with E-state index >= 15 is 0 Å². The molecule has 0 atom stereocenters. The summed E-state index contributed by atoms with van der Waals surface area (Å²) in [6, 6.07) is 10.6. The Morgan fingerprint density at radius 1 is 1.19 bits per heavy atom. The highest BCUT2D eigenvalue weighted by Gasteiger charge is 2.26. The predicted octanol–water partition coefficient (Wildman–Crippen LogP) is 3.52. The Morgan fingerprint density at radius 3 is 2.33 bits per heavy atom. The highest BCUT2D eigenvalue weighted by Crippen LogP contribution is 2.28. The van der Waals surface area contributed by atoms with Gasteiger partial charge in [-0.1, -0.05) is 31.8 Å². The van der Waals surface area contributed by atoms with Crippen molar-refractivity contribution in [2.24, 2.45) is 0 Å². The van der Waals surface area contributed by atoms with Crippen molar-refractivity contribution in [3.8, 4) is 17.2 Å². The van der Waals surface area contributed by atoms with E-state index in [1.54, 1.807) is 30.3 Å². The first-order chi connectivity index (χ1) is 12.6. The molecule has 2 rings (SSSR count). The zero-order valence-electron chi connectivity index (χ0n) is 15.8. The average molecular weight is 403 g/mol. The standard InChI is InChI=1S/C19H22N2O4SSi/c1-25-19(22)15-7-5-14(6-8-15)16-9-10-21-18(17(16)13-20)26(23,24)11-12-27(2,3)4/h5-10H,11-12H2,1-4H3. The number of pyridine rings is 1. The van der Waals surface area contributed by atoms with Gasteiger partial charge in [-0.2, -0.15) is 5.26 Å². The molecule has 0 saturated heterocycles. The van der Waals surface area contributed by atoms with Crippen molar-refractivity contribution < 1.29 is 17.9 Å². The van der Waals surface area contributed by atoms with E-state index in [1.807, 2.05) is 6.07 Å². The zero-order chi connectivity index (χ0) is 20.2. The minimum Gasteiger partial charge on any atom is -0.465 e. The second-order valence-corrected chi connectivity index (χ2v) is 15.0. The number of hydrogen-bond acceptors (Lipinski definition) is 6. The number of carbonyl (C=O) groups is 1. The van der Waals surface area contributed by atoms with Gasteiger partial charge in [-0.3, -0.25) is 0 Å². The van der Waals surface area contributed by atoms with Crippen molar-refractivity contribution >= 4 is 23.9 Å². The number of methoxy groups -OCH3 is 1. The summed E-state index contributed by atoms with van der Waals surface area (Å²) in [6.45, 7) is 6.29. The van der Waals surface area contributed by atoms with Crippen LogP contribution in [0.3, 0.4) is 0 Å². The molecule has 2 aromatic rings. The third-order valence-corrected chi connectivity index (χ3v) is 7.81. The van der Waals surface area contributed by atoms with E-state index in [0.717, 1.165) is 0 Å². The molecule has 0 spiro atoms. The molecule has 0 aliphatic rings. The Hall–Kier alpha value is -2.50. The van der Waals surface area contributed by atoms with Crippen LogP contribution in [-0.2, 0) is 14.6 Å². The van der Waals surface area contributed by atoms with Gasteiger partial charge < -0.3 is 4.74 Å². The molecule has 0 fully saturated rings. The quantitative estimate of drug-likeness (QED) is 0.542. The van der Waals surface area contributed by atoms with Crippen LogP contribution in [0.15, 0.2) is 41.6 Å². The van der Waals surface area contributed by atoms with Crippen LogP contribution >= 0.6 is 0 Å². The minimum absolute atomic E-state index is 0.0187. The van der Waals surface area contributed by atoms with Gasteiger partial charge >= 0.3 is 5.97 Å². The third-order valence-electron chi connectivity index (χ3n) is 4.06. The fourth-order valence-corrected chi connectivity index (χ4v) is 6.87. The molecule has 0 bridgehead atoms. The van der Waals surface area contributed by atoms with Crippen LogP contribution < -0.4 is 0 Å². The minimum atomic E-state index is -3.67. The van der Waals surface area contributed by atoms with Crippen molar-refractivity contribution in [2.45, 2.75) is 30.7 Å². The number of benzene rings is 1. The van der Waals surface area contributed by atoms with Crippen molar-refractivity contribution in [3.05, 3.63) is 47.7 Å². The van der Waals surface area contributed by atoms with Gasteiger partial charge in [-0.05, 0) is 29.8 Å². The lowest BCUT2D eigenvalue weighted by Crippen LogP contribution is -2.24. The Labute approximate surface area is 160 Å². The van der Waals surface area contributed by atoms with Gasteiger partial charge in [-0.15, -0.1) is 0 Å². The third kappa shape index (κ3) is 5.02. The molecule has 0 saturated carbocycles. The summed E-state index contributed by atoms with van der Waals surface area (Å²) in [5.41, 5.74) is 1.49. The number of nitrogens with zero attached hydrogens (tertiary/aromatic N) is 2. The van der Waals surface area contributed by atoms with Crippen LogP contribution in [-0.4, -0.2) is 40.3 Å². The smallest absolute Gasteiger partial charge is 0.337 e. The maximum absolute atomic E-state index is 12.8. The maximum atomic E-state index is 12.8. The molecule has 8 heteroatoms. The summed E-state index contributed by atoms with van der Waals surface area (Å²) >= 11 is 0. The molecule has 0 N–H and O–H groups in total. The van der Waals surface area contributed by atoms with E-state index in [2.05, 4.69) is 29.4 Å². The predicted molar refractivity (Wildman–Crippen MR) is 106 cm³/mol. The lowest BCUT2D eigenvalue weighted by Gasteiger charge is -2.16. The van der Waals surface area contributed by atoms with Crippen LogP contribution in [0.1, 0.15) is 15.9 Å². The summed E-state index contributed by atoms with van der Waals surface area (Å²) in [6.07, 6.45) is 1.39. The Kier molecular flexibility index (Phi) is 6.18. The van der Waals surface area contributed by atoms with Crippen molar-refractivity contribution in [2.75, 3.05) is 12.9 Å². The number of carbonyl (C=O) groups excluding carboxylic acids is 1. The van der Waals surface area contributed by atoms with Crippen molar-refractivity contribution in [1.29, 1.82) is 5.26 Å². The fourth-order valence-electron chi connectivity index (χ4n) is 2.47. The number of sulfone groups is 1. The molecule has 0 unspecified atom stereocenters. The molecular formula is C19H22N2O4SSi. The highest BCUT2D eigenvalue weighted by atomic mass is 32.2. The first-order valence-electron chi connectivity index (χ1n) is 8.39. The van der Waals surface area contributed by atoms with E-state index in [9.17, 15) is 18.5 Å². The first-order valence-corrected chi connectivity index (χ1v) is 13.8. The van der Waals surface area contributed by atoms with E-state index in [1.165, 1.54) is 13.3 Å². The lowest BCUT2D eigenvalue weighted by atomic mass is 10.0. The number of aromatic nitrogens is 1. The van der Waals surface area contributed by atoms with E-state index in [-0.39, 0.29) is 16.3 Å². The summed E-state index contributed by atoms with van der Waals surface area (Å²) in [4.78, 5) is 15.6. The Morgan fingerprint density at radius 2 is 1.81 bits per heavy atom. The Balaban J connectivity index is 2.48. The number of ether oxygens (including phenoxy) is 1. The molecule has 0 radical (unpaired) electrons. The lowest BCUT2D eigenvalue weighted by molar-refractivity contribution is 0.0600. The average Bonchev–Trinajstić information content (AvgIpc) is 2.64. The summed E-state index contributed by atoms with van der Waals surface area (Å²) in [5, 5.41) is 9.43. The molecule has 1 aromatic heterocycles. The van der Waals surface area contributed by atoms with Gasteiger partial charge in [0.1, 0.15) is 6.07 Å². The second-order valence-electron chi connectivity index (χ2n) is 7.35. The maximum Gasteiger partial charge on any atom is 0.337 e. The molecule has 1 heterocycles.